The zero-order chi connectivity index (χ0) is 20.9. The Morgan fingerprint density at radius 3 is 2.59 bits per heavy atom. The van der Waals surface area contributed by atoms with Crippen molar-refractivity contribution in [3.05, 3.63) is 35.9 Å². The lowest BCUT2D eigenvalue weighted by Crippen LogP contribution is -2.16. The molecule has 1 unspecified atom stereocenters. The van der Waals surface area contributed by atoms with Gasteiger partial charge in [0.1, 0.15) is 17.3 Å². The van der Waals surface area contributed by atoms with E-state index in [2.05, 4.69) is 15.3 Å². The van der Waals surface area contributed by atoms with Gasteiger partial charge in [0.2, 0.25) is 5.91 Å². The summed E-state index contributed by atoms with van der Waals surface area (Å²) in [6, 6.07) is 8.54. The van der Waals surface area contributed by atoms with Crippen molar-refractivity contribution in [2.75, 3.05) is 18.7 Å². The number of anilines is 1. The first-order valence-corrected chi connectivity index (χ1v) is 10.9. The molecule has 0 saturated heterocycles. The number of rotatable bonds is 5. The van der Waals surface area contributed by atoms with Gasteiger partial charge in [-0.3, -0.25) is 4.79 Å². The summed E-state index contributed by atoms with van der Waals surface area (Å²) in [5.74, 6) is 1.13. The second-order valence-corrected chi connectivity index (χ2v) is 8.98. The number of fused-ring (bicyclic) bond motifs is 2. The van der Waals surface area contributed by atoms with Crippen LogP contribution in [0.15, 0.2) is 30.3 Å². The summed E-state index contributed by atoms with van der Waals surface area (Å²) in [6.07, 6.45) is 0.981. The summed E-state index contributed by atoms with van der Waals surface area (Å²) in [5.41, 5.74) is 3.91. The zero-order valence-electron chi connectivity index (χ0n) is 16.4. The van der Waals surface area contributed by atoms with E-state index in [4.69, 9.17) is 8.92 Å². The van der Waals surface area contributed by atoms with Gasteiger partial charge in [-0.1, -0.05) is 13.8 Å². The molecule has 1 amide bonds. The summed E-state index contributed by atoms with van der Waals surface area (Å²) in [4.78, 5) is 20.2. The largest absolute Gasteiger partial charge is 0.496 e. The molecule has 4 rings (SSSR count). The molecule has 0 aliphatic carbocycles. The van der Waals surface area contributed by atoms with Crippen LogP contribution in [0.25, 0.3) is 22.4 Å². The molecule has 0 bridgehead atoms. The summed E-state index contributed by atoms with van der Waals surface area (Å²) < 4.78 is 33.0. The Balaban J connectivity index is 1.77. The molecule has 29 heavy (non-hydrogen) atoms. The molecule has 0 radical (unpaired) electrons. The number of aromatic amines is 1. The van der Waals surface area contributed by atoms with E-state index in [-0.39, 0.29) is 23.5 Å². The quantitative estimate of drug-likeness (QED) is 0.619. The van der Waals surface area contributed by atoms with Gasteiger partial charge in [0.05, 0.1) is 35.9 Å². The monoisotopic (exact) mass is 415 g/mol. The lowest BCUT2D eigenvalue weighted by atomic mass is 9.89. The molecule has 2 N–H and O–H groups in total. The molecule has 1 aliphatic heterocycles. The summed E-state index contributed by atoms with van der Waals surface area (Å²) in [7, 11) is -2.15. The van der Waals surface area contributed by atoms with E-state index in [1.54, 1.807) is 12.1 Å². The number of aromatic nitrogens is 2. The molecule has 3 aromatic rings. The molecule has 1 aliphatic rings. The summed E-state index contributed by atoms with van der Waals surface area (Å²) >= 11 is 0. The van der Waals surface area contributed by atoms with Crippen LogP contribution < -0.4 is 14.2 Å². The number of amides is 1. The molecule has 1 atom stereocenters. The van der Waals surface area contributed by atoms with Gasteiger partial charge in [-0.05, 0) is 35.7 Å². The average Bonchev–Trinajstić information content (AvgIpc) is 3.16. The van der Waals surface area contributed by atoms with Crippen LogP contribution >= 0.6 is 0 Å². The number of ether oxygens (including phenoxy) is 1. The Bertz CT molecular complexity index is 1230. The minimum atomic E-state index is -3.64. The zero-order valence-corrected chi connectivity index (χ0v) is 17.3. The molecule has 8 nitrogen and oxygen atoms in total. The van der Waals surface area contributed by atoms with E-state index < -0.39 is 10.1 Å². The fraction of sp³-hybridized carbons (Fsp3) is 0.300. The smallest absolute Gasteiger partial charge is 0.306 e. The Labute approximate surface area is 168 Å². The first kappa shape index (κ1) is 19.3. The van der Waals surface area contributed by atoms with E-state index in [9.17, 15) is 13.2 Å². The Morgan fingerprint density at radius 2 is 1.93 bits per heavy atom. The molecular formula is C20H21N3O5S. The SMILES string of the molecule is COc1cc(OS(C)(=O)=O)ccc1-c1nc2cc3c(cc2[nH]1)NC(=O)C3C(C)C. The van der Waals surface area contributed by atoms with Crippen LogP contribution in [0.4, 0.5) is 5.69 Å². The lowest BCUT2D eigenvalue weighted by Gasteiger charge is -2.12. The number of hydrogen-bond acceptors (Lipinski definition) is 6. The van der Waals surface area contributed by atoms with Crippen molar-refractivity contribution in [3.8, 4) is 22.9 Å². The van der Waals surface area contributed by atoms with Crippen molar-refractivity contribution < 1.29 is 22.1 Å². The van der Waals surface area contributed by atoms with Gasteiger partial charge in [0, 0.05) is 11.8 Å². The van der Waals surface area contributed by atoms with E-state index in [0.29, 0.717) is 17.1 Å². The molecule has 2 aromatic carbocycles. The Kier molecular flexibility index (Phi) is 4.49. The predicted octanol–water partition coefficient (Wildman–Crippen LogP) is 3.27. The number of imidazole rings is 1. The van der Waals surface area contributed by atoms with Gasteiger partial charge in [-0.2, -0.15) is 8.42 Å². The fourth-order valence-corrected chi connectivity index (χ4v) is 4.13. The van der Waals surface area contributed by atoms with Crippen molar-refractivity contribution in [1.29, 1.82) is 0 Å². The van der Waals surface area contributed by atoms with Crippen molar-refractivity contribution >= 4 is 32.7 Å². The van der Waals surface area contributed by atoms with Crippen molar-refractivity contribution in [2.45, 2.75) is 19.8 Å². The molecule has 0 fully saturated rings. The van der Waals surface area contributed by atoms with E-state index in [1.165, 1.54) is 13.2 Å². The van der Waals surface area contributed by atoms with Crippen LogP contribution in [-0.2, 0) is 14.9 Å². The summed E-state index contributed by atoms with van der Waals surface area (Å²) in [6.45, 7) is 4.04. The number of carbonyl (C=O) groups excluding carboxylic acids is 1. The first-order chi connectivity index (χ1) is 13.7. The third-order valence-electron chi connectivity index (χ3n) is 4.87. The topological polar surface area (TPSA) is 110 Å². The third kappa shape index (κ3) is 3.53. The van der Waals surface area contributed by atoms with Crippen LogP contribution in [0.5, 0.6) is 11.5 Å². The van der Waals surface area contributed by atoms with E-state index in [1.807, 2.05) is 26.0 Å². The van der Waals surface area contributed by atoms with Crippen LogP contribution in [0, 0.1) is 5.92 Å². The van der Waals surface area contributed by atoms with Crippen molar-refractivity contribution in [1.82, 2.24) is 9.97 Å². The molecule has 2 heterocycles. The maximum atomic E-state index is 12.3. The number of H-pyrrole nitrogens is 1. The Hall–Kier alpha value is -3.07. The van der Waals surface area contributed by atoms with Crippen LogP contribution in [0.2, 0.25) is 0 Å². The van der Waals surface area contributed by atoms with Crippen LogP contribution in [-0.4, -0.2) is 37.7 Å². The highest BCUT2D eigenvalue weighted by molar-refractivity contribution is 7.86. The average molecular weight is 415 g/mol. The third-order valence-corrected chi connectivity index (χ3v) is 5.37. The second kappa shape index (κ2) is 6.77. The fourth-order valence-electron chi connectivity index (χ4n) is 3.67. The number of methoxy groups -OCH3 is 1. The van der Waals surface area contributed by atoms with E-state index >= 15 is 0 Å². The molecule has 1 aromatic heterocycles. The first-order valence-electron chi connectivity index (χ1n) is 9.08. The Morgan fingerprint density at radius 1 is 1.17 bits per heavy atom. The van der Waals surface area contributed by atoms with Gasteiger partial charge >= 0.3 is 10.1 Å². The number of hydrogen-bond donors (Lipinski definition) is 2. The second-order valence-electron chi connectivity index (χ2n) is 7.40. The van der Waals surface area contributed by atoms with E-state index in [0.717, 1.165) is 28.5 Å². The van der Waals surface area contributed by atoms with Crippen molar-refractivity contribution in [2.24, 2.45) is 5.92 Å². The number of carbonyl (C=O) groups is 1. The molecule has 152 valence electrons. The number of nitrogens with one attached hydrogen (secondary N) is 2. The normalized spacial score (nSPS) is 16.2. The minimum Gasteiger partial charge on any atom is -0.496 e. The van der Waals surface area contributed by atoms with Gasteiger partial charge in [0.15, 0.2) is 0 Å². The highest BCUT2D eigenvalue weighted by atomic mass is 32.2. The minimum absolute atomic E-state index is 0.00557. The maximum absolute atomic E-state index is 12.3. The predicted molar refractivity (Wildman–Crippen MR) is 110 cm³/mol. The molecular weight excluding hydrogens is 394 g/mol. The molecule has 0 saturated carbocycles. The maximum Gasteiger partial charge on any atom is 0.306 e. The van der Waals surface area contributed by atoms with Gasteiger partial charge < -0.3 is 19.2 Å². The van der Waals surface area contributed by atoms with Gasteiger partial charge in [-0.25, -0.2) is 4.98 Å². The lowest BCUT2D eigenvalue weighted by molar-refractivity contribution is -0.117. The highest BCUT2D eigenvalue weighted by Crippen LogP contribution is 2.40. The highest BCUT2D eigenvalue weighted by Gasteiger charge is 2.33. The molecule has 0 spiro atoms. The van der Waals surface area contributed by atoms with Crippen LogP contribution in [0.1, 0.15) is 25.3 Å². The standard InChI is InChI=1S/C20H21N3O5S/c1-10(2)18-13-8-15-16(9-14(13)23-20(18)24)22-19(21-15)12-6-5-11(7-17(12)27-3)28-29(4,25)26/h5-10,18H,1-4H3,(H,21,22)(H,23,24). The molecule has 9 heteroatoms. The summed E-state index contributed by atoms with van der Waals surface area (Å²) in [5, 5.41) is 2.94. The number of nitrogens with zero attached hydrogens (tertiary/aromatic N) is 1. The van der Waals surface area contributed by atoms with Crippen LogP contribution in [0.3, 0.4) is 0 Å². The van der Waals surface area contributed by atoms with Gasteiger partial charge in [0.25, 0.3) is 0 Å². The van der Waals surface area contributed by atoms with Gasteiger partial charge in [-0.15, -0.1) is 0 Å². The number of benzene rings is 2. The van der Waals surface area contributed by atoms with Crippen molar-refractivity contribution in [3.63, 3.8) is 0 Å².